The third-order valence-electron chi connectivity index (χ3n) is 5.78. The molecular weight excluding hydrogens is 490 g/mol. The van der Waals surface area contributed by atoms with Crippen molar-refractivity contribution in [2.24, 2.45) is 0 Å². The fraction of sp³-hybridized carbons (Fsp3) is 0.250. The first-order valence-corrected chi connectivity index (χ1v) is 11.8. The van der Waals surface area contributed by atoms with Crippen molar-refractivity contribution in [1.29, 1.82) is 0 Å². The molecule has 11 heteroatoms. The number of nitrogens with zero attached hydrogens (tertiary/aromatic N) is 3. The summed E-state index contributed by atoms with van der Waals surface area (Å²) in [6, 6.07) is 10.4. The van der Waals surface area contributed by atoms with Gasteiger partial charge in [-0.1, -0.05) is 18.2 Å². The second-order valence-electron chi connectivity index (χ2n) is 8.05. The van der Waals surface area contributed by atoms with Gasteiger partial charge in [-0.05, 0) is 30.3 Å². The van der Waals surface area contributed by atoms with Crippen molar-refractivity contribution >= 4 is 28.5 Å². The number of alkyl halides is 6. The van der Waals surface area contributed by atoms with Crippen LogP contribution in [0.15, 0.2) is 54.7 Å². The summed E-state index contributed by atoms with van der Waals surface area (Å²) in [5, 5.41) is 0. The number of anilines is 1. The van der Waals surface area contributed by atoms with Crippen LogP contribution < -0.4 is 4.90 Å². The van der Waals surface area contributed by atoms with Gasteiger partial charge in [-0.3, -0.25) is 4.98 Å². The predicted octanol–water partition coefficient (Wildman–Crippen LogP) is 6.88. The van der Waals surface area contributed by atoms with Gasteiger partial charge in [0.05, 0.1) is 28.0 Å². The van der Waals surface area contributed by atoms with Crippen LogP contribution >= 0.6 is 11.8 Å². The van der Waals surface area contributed by atoms with E-state index < -0.39 is 23.5 Å². The first-order chi connectivity index (χ1) is 16.6. The van der Waals surface area contributed by atoms with Gasteiger partial charge in [-0.15, -0.1) is 0 Å². The van der Waals surface area contributed by atoms with Crippen molar-refractivity contribution in [2.75, 3.05) is 29.5 Å². The molecule has 35 heavy (non-hydrogen) atoms. The monoisotopic (exact) mass is 508 g/mol. The molecule has 0 amide bonds. The third-order valence-corrected chi connectivity index (χ3v) is 6.73. The number of aromatic amines is 1. The van der Waals surface area contributed by atoms with Crippen molar-refractivity contribution in [3.8, 4) is 22.6 Å². The molecule has 0 aliphatic carbocycles. The average molecular weight is 508 g/mol. The van der Waals surface area contributed by atoms with Crippen LogP contribution in [-0.4, -0.2) is 39.5 Å². The Morgan fingerprint density at radius 1 is 0.886 bits per heavy atom. The Balaban J connectivity index is 1.66. The van der Waals surface area contributed by atoms with Gasteiger partial charge >= 0.3 is 12.4 Å². The Hall–Kier alpha value is -3.21. The molecule has 2 aromatic carbocycles. The maximum atomic E-state index is 13.9. The molecule has 2 aromatic heterocycles. The lowest BCUT2D eigenvalue weighted by Crippen LogP contribution is -2.32. The third kappa shape index (κ3) is 4.69. The van der Waals surface area contributed by atoms with Gasteiger partial charge in [-0.2, -0.15) is 38.1 Å². The molecular formula is C24H18F6N4S. The Morgan fingerprint density at radius 3 is 2.31 bits per heavy atom. The zero-order valence-corrected chi connectivity index (χ0v) is 18.9. The van der Waals surface area contributed by atoms with E-state index in [-0.39, 0.29) is 28.2 Å². The number of nitrogens with one attached hydrogen (secondary N) is 1. The van der Waals surface area contributed by atoms with Crippen molar-refractivity contribution in [2.45, 2.75) is 12.4 Å². The second kappa shape index (κ2) is 8.78. The number of benzene rings is 2. The van der Waals surface area contributed by atoms with E-state index >= 15 is 0 Å². The largest absolute Gasteiger partial charge is 0.417 e. The highest BCUT2D eigenvalue weighted by molar-refractivity contribution is 7.99. The van der Waals surface area contributed by atoms with Crippen molar-refractivity contribution in [1.82, 2.24) is 15.0 Å². The van der Waals surface area contributed by atoms with Crippen LogP contribution in [0.3, 0.4) is 0 Å². The van der Waals surface area contributed by atoms with E-state index in [4.69, 9.17) is 0 Å². The molecule has 1 aliphatic rings. The predicted molar refractivity (Wildman–Crippen MR) is 124 cm³/mol. The van der Waals surface area contributed by atoms with Gasteiger partial charge in [-0.25, -0.2) is 4.98 Å². The first-order valence-electron chi connectivity index (χ1n) is 10.7. The lowest BCUT2D eigenvalue weighted by Gasteiger charge is -2.29. The summed E-state index contributed by atoms with van der Waals surface area (Å²) in [5.74, 6) is 1.59. The van der Waals surface area contributed by atoms with E-state index in [0.29, 0.717) is 24.3 Å². The van der Waals surface area contributed by atoms with E-state index in [1.165, 1.54) is 24.4 Å². The Labute approximate surface area is 200 Å². The fourth-order valence-electron chi connectivity index (χ4n) is 4.12. The normalized spacial score (nSPS) is 15.1. The number of H-pyrrole nitrogens is 1. The number of thioether (sulfide) groups is 1. The lowest BCUT2D eigenvalue weighted by molar-refractivity contribution is -0.138. The average Bonchev–Trinajstić information content (AvgIpc) is 3.27. The van der Waals surface area contributed by atoms with Crippen molar-refractivity contribution < 1.29 is 26.3 Å². The Morgan fingerprint density at radius 2 is 1.66 bits per heavy atom. The minimum Gasteiger partial charge on any atom is -0.368 e. The smallest absolute Gasteiger partial charge is 0.368 e. The van der Waals surface area contributed by atoms with Gasteiger partial charge in [0.15, 0.2) is 0 Å². The molecule has 0 unspecified atom stereocenters. The summed E-state index contributed by atoms with van der Waals surface area (Å²) in [5.41, 5.74) is -0.832. The van der Waals surface area contributed by atoms with Gasteiger partial charge in [0.1, 0.15) is 11.3 Å². The summed E-state index contributed by atoms with van der Waals surface area (Å²) >= 11 is 1.71. The molecule has 1 saturated heterocycles. The number of rotatable bonds is 3. The fourth-order valence-corrected chi connectivity index (χ4v) is 5.02. The second-order valence-corrected chi connectivity index (χ2v) is 9.27. The van der Waals surface area contributed by atoms with Crippen LogP contribution in [0.1, 0.15) is 11.1 Å². The van der Waals surface area contributed by atoms with Crippen LogP contribution in [0.5, 0.6) is 0 Å². The van der Waals surface area contributed by atoms with Crippen LogP contribution in [0.2, 0.25) is 0 Å². The summed E-state index contributed by atoms with van der Waals surface area (Å²) in [7, 11) is 0. The van der Waals surface area contributed by atoms with Crippen LogP contribution in [0.25, 0.3) is 33.7 Å². The van der Waals surface area contributed by atoms with E-state index in [9.17, 15) is 26.3 Å². The topological polar surface area (TPSA) is 44.8 Å². The molecule has 0 spiro atoms. The summed E-state index contributed by atoms with van der Waals surface area (Å²) in [6.07, 6.45) is -7.84. The van der Waals surface area contributed by atoms with E-state index in [1.807, 2.05) is 4.90 Å². The molecule has 0 atom stereocenters. The van der Waals surface area contributed by atoms with Crippen LogP contribution in [0, 0.1) is 0 Å². The zero-order valence-electron chi connectivity index (χ0n) is 18.0. The number of pyridine rings is 1. The summed E-state index contributed by atoms with van der Waals surface area (Å²) in [6.45, 7) is 1.11. The number of hydrogen-bond donors (Lipinski definition) is 1. The first kappa shape index (κ1) is 23.5. The van der Waals surface area contributed by atoms with Gasteiger partial charge in [0, 0.05) is 41.9 Å². The quantitative estimate of drug-likeness (QED) is 0.307. The molecule has 0 bridgehead atoms. The minimum atomic E-state index is -4.67. The van der Waals surface area contributed by atoms with E-state index in [2.05, 4.69) is 15.0 Å². The molecule has 0 saturated carbocycles. The van der Waals surface area contributed by atoms with Crippen molar-refractivity contribution in [3.63, 3.8) is 0 Å². The Kier molecular flexibility index (Phi) is 5.90. The molecule has 4 nitrogen and oxygen atoms in total. The molecule has 182 valence electrons. The molecule has 4 aromatic rings. The van der Waals surface area contributed by atoms with Gasteiger partial charge in [0.25, 0.3) is 0 Å². The van der Waals surface area contributed by atoms with Gasteiger partial charge < -0.3 is 9.88 Å². The zero-order chi connectivity index (χ0) is 24.8. The lowest BCUT2D eigenvalue weighted by atomic mass is 10.00. The van der Waals surface area contributed by atoms with Crippen LogP contribution in [0.4, 0.5) is 32.0 Å². The van der Waals surface area contributed by atoms with E-state index in [0.717, 1.165) is 29.7 Å². The summed E-state index contributed by atoms with van der Waals surface area (Å²) < 4.78 is 82.6. The standard InChI is InChI=1S/C24H18F6N4S/c25-23(26,27)15-12-19-21(20(13-15)34-7-9-35-10-8-34)33-22(32-19)14-4-5-16(17(11-14)24(28,29)30)18-3-1-2-6-31-18/h1-6,11-13H,7-10H2,(H,32,33). The highest BCUT2D eigenvalue weighted by atomic mass is 32.2. The molecule has 1 N–H and O–H groups in total. The van der Waals surface area contributed by atoms with Crippen molar-refractivity contribution in [3.05, 3.63) is 65.9 Å². The summed E-state index contributed by atoms with van der Waals surface area (Å²) in [4.78, 5) is 13.1. The molecule has 1 fully saturated rings. The number of hydrogen-bond acceptors (Lipinski definition) is 4. The highest BCUT2D eigenvalue weighted by Gasteiger charge is 2.35. The Bertz CT molecular complexity index is 1360. The number of aromatic nitrogens is 3. The SMILES string of the molecule is FC(F)(F)c1cc(N2CCSCC2)c2nc(-c3ccc(-c4ccccn4)c(C(F)(F)F)c3)[nH]c2c1. The molecule has 3 heterocycles. The molecule has 0 radical (unpaired) electrons. The minimum absolute atomic E-state index is 0.0602. The van der Waals surface area contributed by atoms with E-state index in [1.54, 1.807) is 23.9 Å². The van der Waals surface area contributed by atoms with Gasteiger partial charge in [0.2, 0.25) is 0 Å². The molecule has 1 aliphatic heterocycles. The van der Waals surface area contributed by atoms with Crippen LogP contribution in [-0.2, 0) is 12.4 Å². The maximum absolute atomic E-state index is 13.9. The maximum Gasteiger partial charge on any atom is 0.417 e. The molecule has 5 rings (SSSR count). The number of fused-ring (bicyclic) bond motifs is 1. The number of imidazole rings is 1. The number of halogens is 6. The highest BCUT2D eigenvalue weighted by Crippen LogP contribution is 2.40.